The first-order chi connectivity index (χ1) is 26.1. The van der Waals surface area contributed by atoms with Crippen molar-refractivity contribution in [2.45, 2.75) is 81.6 Å². The summed E-state index contributed by atoms with van der Waals surface area (Å²) in [5.41, 5.74) is 11.1. The van der Waals surface area contributed by atoms with E-state index in [1.54, 1.807) is 30.3 Å². The summed E-state index contributed by atoms with van der Waals surface area (Å²) >= 11 is 0. The third-order valence-corrected chi connectivity index (χ3v) is 8.78. The first kappa shape index (κ1) is 43.3. The summed E-state index contributed by atoms with van der Waals surface area (Å²) in [5.74, 6) is -8.15. The molecule has 1 aromatic carbocycles. The van der Waals surface area contributed by atoms with Crippen molar-refractivity contribution in [2.24, 2.45) is 11.5 Å². The van der Waals surface area contributed by atoms with E-state index in [4.69, 9.17) is 11.5 Å². The predicted octanol–water partition coefficient (Wildman–Crippen LogP) is -5.00. The third kappa shape index (κ3) is 14.7. The lowest BCUT2D eigenvalue weighted by atomic mass is 10.0. The highest BCUT2D eigenvalue weighted by atomic mass is 16.4. The zero-order valence-corrected chi connectivity index (χ0v) is 30.1. The third-order valence-electron chi connectivity index (χ3n) is 8.78. The first-order valence-corrected chi connectivity index (χ1v) is 17.7. The topological polar surface area (TPSA) is 330 Å². The number of carboxylic acids is 1. The molecule has 0 aliphatic carbocycles. The fourth-order valence-corrected chi connectivity index (χ4v) is 5.97. The number of primary amides is 2. The van der Waals surface area contributed by atoms with Crippen LogP contribution in [0.1, 0.15) is 50.5 Å². The molecule has 0 bridgehead atoms. The van der Waals surface area contributed by atoms with Crippen molar-refractivity contribution in [3.8, 4) is 0 Å². The van der Waals surface area contributed by atoms with Crippen molar-refractivity contribution in [1.29, 1.82) is 0 Å². The maximum atomic E-state index is 13.4. The van der Waals surface area contributed by atoms with E-state index in [1.807, 2.05) is 0 Å². The number of rotatable bonds is 21. The summed E-state index contributed by atoms with van der Waals surface area (Å²) in [6, 6.07) is 3.12. The van der Waals surface area contributed by atoms with Crippen LogP contribution in [-0.2, 0) is 54.4 Å². The summed E-state index contributed by atoms with van der Waals surface area (Å²) in [4.78, 5) is 125. The monoisotopic (exact) mass is 772 g/mol. The summed E-state index contributed by atoms with van der Waals surface area (Å²) in [5, 5.41) is 26.8. The molecule has 0 saturated carbocycles. The number of aliphatic carboxylic acids is 1. The quantitative estimate of drug-likeness (QED) is 0.0562. The van der Waals surface area contributed by atoms with Gasteiger partial charge in [0.25, 0.3) is 0 Å². The molecule has 21 heteroatoms. The van der Waals surface area contributed by atoms with E-state index in [9.17, 15) is 53.1 Å². The van der Waals surface area contributed by atoms with E-state index >= 15 is 0 Å². The van der Waals surface area contributed by atoms with Crippen molar-refractivity contribution in [1.82, 2.24) is 42.1 Å². The number of hydrogen-bond donors (Lipinski definition) is 10. The molecule has 2 heterocycles. The number of nitrogens with one attached hydrogen (secondary N) is 7. The van der Waals surface area contributed by atoms with Crippen molar-refractivity contribution in [3.05, 3.63) is 35.9 Å². The van der Waals surface area contributed by atoms with E-state index in [0.717, 1.165) is 11.3 Å². The second-order valence-electron chi connectivity index (χ2n) is 13.1. The van der Waals surface area contributed by atoms with Crippen molar-refractivity contribution in [3.63, 3.8) is 0 Å². The fraction of sp³-hybridized carbons (Fsp3) is 0.529. The van der Waals surface area contributed by atoms with Crippen LogP contribution in [-0.4, -0.2) is 132 Å². The fourth-order valence-electron chi connectivity index (χ4n) is 5.97. The number of hydrogen-bond acceptors (Lipinski definition) is 11. The van der Waals surface area contributed by atoms with Gasteiger partial charge in [0.1, 0.15) is 24.2 Å². The van der Waals surface area contributed by atoms with Gasteiger partial charge in [-0.1, -0.05) is 30.3 Å². The van der Waals surface area contributed by atoms with Gasteiger partial charge in [-0.05, 0) is 44.2 Å². The van der Waals surface area contributed by atoms with Crippen molar-refractivity contribution in [2.75, 3.05) is 32.7 Å². The molecule has 2 saturated heterocycles. The Hall–Kier alpha value is -6.12. The minimum Gasteiger partial charge on any atom is -0.480 e. The van der Waals surface area contributed by atoms with Crippen LogP contribution in [0.2, 0.25) is 0 Å². The van der Waals surface area contributed by atoms with Crippen LogP contribution in [0.5, 0.6) is 0 Å². The molecule has 3 rings (SSSR count). The molecule has 12 N–H and O–H groups in total. The summed E-state index contributed by atoms with van der Waals surface area (Å²) < 4.78 is 0. The maximum Gasteiger partial charge on any atom is 0.326 e. The molecule has 2 aliphatic rings. The number of carboxylic acid groups (broad SMARTS) is 1. The lowest BCUT2D eigenvalue weighted by Crippen LogP contribution is -2.57. The van der Waals surface area contributed by atoms with Crippen molar-refractivity contribution < 1.29 is 53.1 Å². The average molecular weight is 773 g/mol. The first-order valence-electron chi connectivity index (χ1n) is 17.7. The minimum atomic E-state index is -1.46. The van der Waals surface area contributed by atoms with E-state index in [1.165, 1.54) is 0 Å². The minimum absolute atomic E-state index is 0.00473. The number of nitrogens with zero attached hydrogens (tertiary/aromatic N) is 1. The number of nitrogens with two attached hydrogens (primary N) is 2. The highest BCUT2D eigenvalue weighted by molar-refractivity contribution is 5.96. The van der Waals surface area contributed by atoms with E-state index in [0.29, 0.717) is 24.9 Å². The zero-order chi connectivity index (χ0) is 40.5. The molecule has 55 heavy (non-hydrogen) atoms. The largest absolute Gasteiger partial charge is 0.480 e. The molecule has 300 valence electrons. The molecular weight excluding hydrogens is 724 g/mol. The molecule has 2 fully saturated rings. The number of carbonyl (C=O) groups is 10. The van der Waals surface area contributed by atoms with Gasteiger partial charge in [-0.25, -0.2) is 4.79 Å². The average Bonchev–Trinajstić information content (AvgIpc) is 3.87. The zero-order valence-electron chi connectivity index (χ0n) is 30.1. The Bertz CT molecular complexity index is 1600. The standard InChI is InChI=1S/C34H48N10O11/c35-25(45)11-10-21(42-31(51)20-8-4-12-37-20)32(52)43-22(14-19-6-2-1-3-7-19)30(50)40-17-28(48)38-16-27(47)39-18-29(49)41-23(15-26(36)46)33(53)44-13-5-9-24(44)34(54)55/h1-3,6-7,20-24,37H,4-5,8-18H2,(H2,35,45)(H2,36,46)(H,38,48)(H,39,47)(H,40,50)(H,41,49)(H,42,51)(H,43,52)(H,54,55)/t20-,21-,22-,23-,24-/m0/s1. The number of carbonyl (C=O) groups excluding carboxylic acids is 9. The van der Waals surface area contributed by atoms with Crippen LogP contribution in [0.4, 0.5) is 0 Å². The van der Waals surface area contributed by atoms with Gasteiger partial charge >= 0.3 is 5.97 Å². The normalized spacial score (nSPS) is 17.8. The molecule has 0 unspecified atom stereocenters. The van der Waals surface area contributed by atoms with Crippen LogP contribution in [0, 0.1) is 0 Å². The SMILES string of the molecule is NC(=O)CC[C@H](NC(=O)[C@@H]1CCCN1)C(=O)N[C@@H](Cc1ccccc1)C(=O)NCC(=O)NCC(=O)NCC(=O)N[C@@H](CC(N)=O)C(=O)N1CCC[C@H]1C(=O)O. The Kier molecular flexibility index (Phi) is 17.0. The van der Waals surface area contributed by atoms with E-state index in [-0.39, 0.29) is 32.2 Å². The molecule has 2 aliphatic heterocycles. The Labute approximate surface area is 315 Å². The lowest BCUT2D eigenvalue weighted by molar-refractivity contribution is -0.149. The Morgan fingerprint density at radius 1 is 0.745 bits per heavy atom. The Balaban J connectivity index is 1.52. The molecule has 0 spiro atoms. The van der Waals surface area contributed by atoms with Crippen molar-refractivity contribution >= 4 is 59.1 Å². The lowest BCUT2D eigenvalue weighted by Gasteiger charge is -2.26. The highest BCUT2D eigenvalue weighted by Gasteiger charge is 2.38. The molecule has 0 radical (unpaired) electrons. The maximum absolute atomic E-state index is 13.4. The molecule has 9 amide bonds. The highest BCUT2D eigenvalue weighted by Crippen LogP contribution is 2.19. The second kappa shape index (κ2) is 21.5. The molecular formula is C34H48N10O11. The predicted molar refractivity (Wildman–Crippen MR) is 191 cm³/mol. The van der Waals surface area contributed by atoms with Gasteiger partial charge in [-0.15, -0.1) is 0 Å². The number of likely N-dealkylation sites (tertiary alicyclic amines) is 1. The molecule has 0 aromatic heterocycles. The van der Waals surface area contributed by atoms with Gasteiger partial charge in [0.15, 0.2) is 0 Å². The van der Waals surface area contributed by atoms with Crippen LogP contribution >= 0.6 is 0 Å². The van der Waals surface area contributed by atoms with Gasteiger partial charge in [0, 0.05) is 19.4 Å². The van der Waals surface area contributed by atoms with Crippen LogP contribution in [0.3, 0.4) is 0 Å². The molecule has 1 aromatic rings. The van der Waals surface area contributed by atoms with Gasteiger partial charge in [0.2, 0.25) is 53.2 Å². The van der Waals surface area contributed by atoms with Crippen LogP contribution in [0.15, 0.2) is 30.3 Å². The summed E-state index contributed by atoms with van der Waals surface area (Å²) in [6.07, 6.45) is 0.998. The van der Waals surface area contributed by atoms with Gasteiger partial charge in [0.05, 0.1) is 32.1 Å². The van der Waals surface area contributed by atoms with Crippen LogP contribution < -0.4 is 48.7 Å². The van der Waals surface area contributed by atoms with Gasteiger partial charge in [-0.2, -0.15) is 0 Å². The van der Waals surface area contributed by atoms with E-state index < -0.39 is 115 Å². The van der Waals surface area contributed by atoms with Gasteiger partial charge < -0.3 is 58.7 Å². The Morgan fingerprint density at radius 2 is 1.40 bits per heavy atom. The number of benzene rings is 1. The smallest absolute Gasteiger partial charge is 0.326 e. The summed E-state index contributed by atoms with van der Waals surface area (Å²) in [6.45, 7) is -1.17. The van der Waals surface area contributed by atoms with Crippen LogP contribution in [0.25, 0.3) is 0 Å². The van der Waals surface area contributed by atoms with E-state index in [2.05, 4.69) is 37.2 Å². The number of amides is 9. The Morgan fingerprint density at radius 3 is 2.00 bits per heavy atom. The summed E-state index contributed by atoms with van der Waals surface area (Å²) in [7, 11) is 0. The van der Waals surface area contributed by atoms with Gasteiger partial charge in [-0.3, -0.25) is 43.2 Å². The molecule has 21 nitrogen and oxygen atoms in total. The molecule has 5 atom stereocenters. The second-order valence-corrected chi connectivity index (χ2v) is 13.1.